The van der Waals surface area contributed by atoms with Crippen molar-refractivity contribution in [3.8, 4) is 0 Å². The maximum atomic E-state index is 12.2. The van der Waals surface area contributed by atoms with Gasteiger partial charge in [-0.3, -0.25) is 4.79 Å². The van der Waals surface area contributed by atoms with Crippen LogP contribution in [0.3, 0.4) is 0 Å². The molecule has 0 aliphatic heterocycles. The van der Waals surface area contributed by atoms with Gasteiger partial charge < -0.3 is 15.6 Å². The van der Waals surface area contributed by atoms with E-state index in [1.165, 1.54) is 4.88 Å². The number of aromatic nitrogens is 1. The fourth-order valence-corrected chi connectivity index (χ4v) is 2.89. The lowest BCUT2D eigenvalue weighted by molar-refractivity contribution is 0.0944. The Bertz CT molecular complexity index is 570. The summed E-state index contributed by atoms with van der Waals surface area (Å²) >= 11 is 1.72. The van der Waals surface area contributed by atoms with Crippen LogP contribution in [-0.4, -0.2) is 17.0 Å². The first kappa shape index (κ1) is 12.3. The van der Waals surface area contributed by atoms with Gasteiger partial charge in [0.25, 0.3) is 5.91 Å². The topological polar surface area (TPSA) is 60.1 Å². The molecule has 3 N–H and O–H groups in total. The van der Waals surface area contributed by atoms with Crippen LogP contribution in [0.4, 0.5) is 5.69 Å². The first-order valence-electron chi connectivity index (χ1n) is 6.52. The molecule has 0 spiro atoms. The summed E-state index contributed by atoms with van der Waals surface area (Å²) in [6.45, 7) is 0.662. The minimum atomic E-state index is -0.0276. The predicted octanol–water partition coefficient (Wildman–Crippen LogP) is 2.44. The third-order valence-electron chi connectivity index (χ3n) is 3.28. The van der Waals surface area contributed by atoms with Gasteiger partial charge >= 0.3 is 0 Å². The summed E-state index contributed by atoms with van der Waals surface area (Å²) < 4.78 is 2.01. The van der Waals surface area contributed by atoms with Crippen molar-refractivity contribution in [1.29, 1.82) is 0 Å². The first-order valence-corrected chi connectivity index (χ1v) is 7.40. The van der Waals surface area contributed by atoms with Crippen molar-refractivity contribution in [1.82, 2.24) is 9.88 Å². The molecular weight excluding hydrogens is 258 g/mol. The van der Waals surface area contributed by atoms with Gasteiger partial charge in [0.2, 0.25) is 0 Å². The number of hydrogen-bond acceptors (Lipinski definition) is 3. The number of hydrogen-bond donors (Lipinski definition) is 2. The molecule has 5 heteroatoms. The van der Waals surface area contributed by atoms with Crippen molar-refractivity contribution in [3.05, 3.63) is 40.3 Å². The van der Waals surface area contributed by atoms with E-state index in [1.54, 1.807) is 17.4 Å². The summed E-state index contributed by atoms with van der Waals surface area (Å²) in [6, 6.07) is 6.34. The van der Waals surface area contributed by atoms with E-state index in [4.69, 9.17) is 5.73 Å². The molecule has 19 heavy (non-hydrogen) atoms. The van der Waals surface area contributed by atoms with Crippen LogP contribution in [0.15, 0.2) is 29.8 Å². The lowest BCUT2D eigenvalue weighted by Gasteiger charge is -2.08. The van der Waals surface area contributed by atoms with Crippen LogP contribution in [0.2, 0.25) is 0 Å². The highest BCUT2D eigenvalue weighted by Gasteiger charge is 2.27. The van der Waals surface area contributed by atoms with Crippen molar-refractivity contribution in [3.63, 3.8) is 0 Å². The molecule has 0 unspecified atom stereocenters. The average Bonchev–Trinajstić information content (AvgIpc) is 2.96. The highest BCUT2D eigenvalue weighted by molar-refractivity contribution is 7.09. The minimum Gasteiger partial charge on any atom is -0.397 e. The fourth-order valence-electron chi connectivity index (χ4n) is 2.18. The van der Waals surface area contributed by atoms with Crippen molar-refractivity contribution >= 4 is 22.9 Å². The number of carbonyl (C=O) groups excluding carboxylic acids is 1. The Morgan fingerprint density at radius 3 is 3.05 bits per heavy atom. The summed E-state index contributed by atoms with van der Waals surface area (Å²) in [5.74, 6) is -0.0276. The smallest absolute Gasteiger partial charge is 0.268 e. The summed E-state index contributed by atoms with van der Waals surface area (Å²) in [6.07, 6.45) is 5.03. The standard InChI is InChI=1S/C14H17N3OS/c15-10-8-13(17(9-10)11-3-4-11)14(18)16-6-5-12-2-1-7-19-12/h1-2,7-9,11H,3-6,15H2,(H,16,18). The van der Waals surface area contributed by atoms with Gasteiger partial charge in [0.05, 0.1) is 5.69 Å². The van der Waals surface area contributed by atoms with Crippen LogP contribution in [0.1, 0.15) is 34.2 Å². The van der Waals surface area contributed by atoms with Crippen LogP contribution in [0, 0.1) is 0 Å². The number of amides is 1. The van der Waals surface area contributed by atoms with E-state index >= 15 is 0 Å². The Labute approximate surface area is 116 Å². The first-order chi connectivity index (χ1) is 9.24. The van der Waals surface area contributed by atoms with E-state index in [9.17, 15) is 4.79 Å². The zero-order valence-corrected chi connectivity index (χ0v) is 11.5. The Hall–Kier alpha value is -1.75. The van der Waals surface area contributed by atoms with E-state index in [0.717, 1.165) is 19.3 Å². The lowest BCUT2D eigenvalue weighted by atomic mass is 10.3. The quantitative estimate of drug-likeness (QED) is 0.880. The molecule has 1 aliphatic rings. The molecular formula is C14H17N3OS. The fraction of sp³-hybridized carbons (Fsp3) is 0.357. The van der Waals surface area contributed by atoms with Gasteiger partial charge in [0.15, 0.2) is 0 Å². The largest absolute Gasteiger partial charge is 0.397 e. The Kier molecular flexibility index (Phi) is 3.29. The maximum Gasteiger partial charge on any atom is 0.268 e. The molecule has 3 rings (SSSR count). The monoisotopic (exact) mass is 275 g/mol. The molecule has 100 valence electrons. The van der Waals surface area contributed by atoms with E-state index in [0.29, 0.717) is 24.0 Å². The van der Waals surface area contributed by atoms with Crippen LogP contribution in [0.5, 0.6) is 0 Å². The second-order valence-corrected chi connectivity index (χ2v) is 5.91. The van der Waals surface area contributed by atoms with Crippen molar-refractivity contribution in [2.24, 2.45) is 0 Å². The molecule has 0 radical (unpaired) electrons. The Balaban J connectivity index is 1.60. The van der Waals surface area contributed by atoms with Gasteiger partial charge in [-0.1, -0.05) is 6.07 Å². The van der Waals surface area contributed by atoms with Crippen LogP contribution >= 0.6 is 11.3 Å². The Morgan fingerprint density at radius 1 is 1.53 bits per heavy atom. The molecule has 0 saturated heterocycles. The zero-order valence-electron chi connectivity index (χ0n) is 10.6. The number of anilines is 1. The van der Waals surface area contributed by atoms with Crippen LogP contribution in [-0.2, 0) is 6.42 Å². The Morgan fingerprint density at radius 2 is 2.37 bits per heavy atom. The summed E-state index contributed by atoms with van der Waals surface area (Å²) in [4.78, 5) is 13.4. The van der Waals surface area contributed by atoms with Gasteiger partial charge in [-0.15, -0.1) is 11.3 Å². The van der Waals surface area contributed by atoms with Gasteiger partial charge in [-0.05, 0) is 36.8 Å². The molecule has 1 saturated carbocycles. The number of carbonyl (C=O) groups is 1. The second kappa shape index (κ2) is 5.09. The summed E-state index contributed by atoms with van der Waals surface area (Å²) in [7, 11) is 0. The van der Waals surface area contributed by atoms with E-state index in [-0.39, 0.29) is 5.91 Å². The van der Waals surface area contributed by atoms with Crippen LogP contribution in [0.25, 0.3) is 0 Å². The van der Waals surface area contributed by atoms with Crippen molar-refractivity contribution in [2.75, 3.05) is 12.3 Å². The molecule has 0 atom stereocenters. The molecule has 2 aromatic rings. The number of nitrogens with two attached hydrogens (primary N) is 1. The highest BCUT2D eigenvalue weighted by atomic mass is 32.1. The van der Waals surface area contributed by atoms with Gasteiger partial charge in [-0.2, -0.15) is 0 Å². The second-order valence-electron chi connectivity index (χ2n) is 4.88. The molecule has 1 aliphatic carbocycles. The summed E-state index contributed by atoms with van der Waals surface area (Å²) in [5, 5.41) is 5.02. The number of nitrogens with zero attached hydrogens (tertiary/aromatic N) is 1. The molecule has 4 nitrogen and oxygen atoms in total. The molecule has 1 amide bonds. The number of nitrogens with one attached hydrogen (secondary N) is 1. The van der Waals surface area contributed by atoms with E-state index < -0.39 is 0 Å². The van der Waals surface area contributed by atoms with Gasteiger partial charge in [0.1, 0.15) is 5.69 Å². The highest BCUT2D eigenvalue weighted by Crippen LogP contribution is 2.37. The van der Waals surface area contributed by atoms with Crippen molar-refractivity contribution in [2.45, 2.75) is 25.3 Å². The minimum absolute atomic E-state index is 0.0276. The molecule has 2 heterocycles. The number of thiophene rings is 1. The SMILES string of the molecule is Nc1cc(C(=O)NCCc2cccs2)n(C2CC2)c1. The number of rotatable bonds is 5. The predicted molar refractivity (Wildman–Crippen MR) is 77.5 cm³/mol. The summed E-state index contributed by atoms with van der Waals surface area (Å²) in [5.41, 5.74) is 7.14. The van der Waals surface area contributed by atoms with E-state index in [1.807, 2.05) is 16.8 Å². The maximum absolute atomic E-state index is 12.2. The van der Waals surface area contributed by atoms with Crippen molar-refractivity contribution < 1.29 is 4.79 Å². The number of nitrogen functional groups attached to an aromatic ring is 1. The van der Waals surface area contributed by atoms with E-state index in [2.05, 4.69) is 16.8 Å². The van der Waals surface area contributed by atoms with Gasteiger partial charge in [-0.25, -0.2) is 0 Å². The van der Waals surface area contributed by atoms with Crippen LogP contribution < -0.4 is 11.1 Å². The zero-order chi connectivity index (χ0) is 13.2. The molecule has 0 bridgehead atoms. The third kappa shape index (κ3) is 2.81. The molecule has 1 fully saturated rings. The average molecular weight is 275 g/mol. The molecule has 2 aromatic heterocycles. The third-order valence-corrected chi connectivity index (χ3v) is 4.22. The normalized spacial score (nSPS) is 14.5. The van der Waals surface area contributed by atoms with Gasteiger partial charge in [0, 0.05) is 23.7 Å². The lowest BCUT2D eigenvalue weighted by Crippen LogP contribution is -2.27. The molecule has 0 aromatic carbocycles.